The predicted octanol–water partition coefficient (Wildman–Crippen LogP) is 1.65. The molecule has 6 heteroatoms. The van der Waals surface area contributed by atoms with Crippen molar-refractivity contribution in [2.45, 2.75) is 13.5 Å². The monoisotopic (exact) mass is 323 g/mol. The van der Waals surface area contributed by atoms with Crippen LogP contribution >= 0.6 is 0 Å². The van der Waals surface area contributed by atoms with Crippen LogP contribution in [-0.2, 0) is 18.4 Å². The minimum absolute atomic E-state index is 0.329. The second-order valence-electron chi connectivity index (χ2n) is 5.67. The molecule has 1 N–H and O–H groups in total. The van der Waals surface area contributed by atoms with Crippen LogP contribution in [0.4, 0.5) is 5.69 Å². The Morgan fingerprint density at radius 3 is 2.58 bits per heavy atom. The molecule has 0 bridgehead atoms. The number of anilines is 1. The number of hydrogen-bond donors (Lipinski definition) is 1. The lowest BCUT2D eigenvalue weighted by atomic mass is 10.2. The average molecular weight is 323 g/mol. The molecule has 3 aromatic rings. The maximum atomic E-state index is 12.5. The molecule has 1 heterocycles. The van der Waals surface area contributed by atoms with E-state index < -0.39 is 17.2 Å². The second-order valence-corrected chi connectivity index (χ2v) is 5.67. The van der Waals surface area contributed by atoms with Gasteiger partial charge in [-0.15, -0.1) is 0 Å². The van der Waals surface area contributed by atoms with E-state index in [9.17, 15) is 14.4 Å². The SMILES string of the molecule is Cc1cccc(NC(=O)Cn2c(=O)c3ccccc3n(C)c2=O)c1. The van der Waals surface area contributed by atoms with Gasteiger partial charge < -0.3 is 5.32 Å². The highest BCUT2D eigenvalue weighted by Gasteiger charge is 2.13. The van der Waals surface area contributed by atoms with Crippen molar-refractivity contribution in [1.29, 1.82) is 0 Å². The Balaban J connectivity index is 1.97. The highest BCUT2D eigenvalue weighted by Crippen LogP contribution is 2.09. The van der Waals surface area contributed by atoms with Gasteiger partial charge in [-0.05, 0) is 36.8 Å². The van der Waals surface area contributed by atoms with Gasteiger partial charge in [0.05, 0.1) is 10.9 Å². The van der Waals surface area contributed by atoms with Crippen LogP contribution in [0.5, 0.6) is 0 Å². The number of aromatic nitrogens is 2. The highest BCUT2D eigenvalue weighted by molar-refractivity contribution is 5.90. The van der Waals surface area contributed by atoms with E-state index in [1.54, 1.807) is 37.4 Å². The van der Waals surface area contributed by atoms with Gasteiger partial charge in [-0.25, -0.2) is 4.79 Å². The average Bonchev–Trinajstić information content (AvgIpc) is 2.57. The topological polar surface area (TPSA) is 73.1 Å². The molecule has 0 unspecified atom stereocenters. The number of carbonyl (C=O) groups excluding carboxylic acids is 1. The normalized spacial score (nSPS) is 10.8. The van der Waals surface area contributed by atoms with Crippen LogP contribution < -0.4 is 16.6 Å². The first-order chi connectivity index (χ1) is 11.5. The van der Waals surface area contributed by atoms with Crippen molar-refractivity contribution < 1.29 is 4.79 Å². The maximum Gasteiger partial charge on any atom is 0.331 e. The first-order valence-electron chi connectivity index (χ1n) is 7.52. The van der Waals surface area contributed by atoms with Crippen molar-refractivity contribution in [1.82, 2.24) is 9.13 Å². The third-order valence-corrected chi connectivity index (χ3v) is 3.86. The Labute approximate surface area is 138 Å². The van der Waals surface area contributed by atoms with Crippen LogP contribution in [0.3, 0.4) is 0 Å². The van der Waals surface area contributed by atoms with Gasteiger partial charge >= 0.3 is 5.69 Å². The van der Waals surface area contributed by atoms with E-state index in [0.717, 1.165) is 10.1 Å². The molecule has 0 aliphatic heterocycles. The van der Waals surface area contributed by atoms with Gasteiger partial charge in [0, 0.05) is 12.7 Å². The predicted molar refractivity (Wildman–Crippen MR) is 93.3 cm³/mol. The number of amides is 1. The molecule has 6 nitrogen and oxygen atoms in total. The fourth-order valence-corrected chi connectivity index (χ4v) is 2.67. The lowest BCUT2D eigenvalue weighted by Gasteiger charge is -2.11. The van der Waals surface area contributed by atoms with Gasteiger partial charge in [-0.3, -0.25) is 18.7 Å². The molecule has 0 spiro atoms. The minimum Gasteiger partial charge on any atom is -0.325 e. The molecule has 0 aliphatic carbocycles. The number of aryl methyl sites for hydroxylation is 2. The van der Waals surface area contributed by atoms with E-state index in [2.05, 4.69) is 5.32 Å². The van der Waals surface area contributed by atoms with E-state index in [-0.39, 0.29) is 6.54 Å². The number of nitrogens with one attached hydrogen (secondary N) is 1. The number of carbonyl (C=O) groups is 1. The van der Waals surface area contributed by atoms with Gasteiger partial charge in [0.25, 0.3) is 5.56 Å². The Hall–Kier alpha value is -3.15. The Kier molecular flexibility index (Phi) is 4.04. The van der Waals surface area contributed by atoms with Crippen molar-refractivity contribution in [3.05, 3.63) is 74.9 Å². The maximum absolute atomic E-state index is 12.5. The lowest BCUT2D eigenvalue weighted by Crippen LogP contribution is -2.41. The van der Waals surface area contributed by atoms with Crippen LogP contribution in [0.1, 0.15) is 5.56 Å². The van der Waals surface area contributed by atoms with Crippen molar-refractivity contribution in [3.8, 4) is 0 Å². The van der Waals surface area contributed by atoms with Crippen LogP contribution in [0.25, 0.3) is 10.9 Å². The molecule has 122 valence electrons. The smallest absolute Gasteiger partial charge is 0.325 e. The van der Waals surface area contributed by atoms with E-state index in [1.807, 2.05) is 25.1 Å². The standard InChI is InChI=1S/C18H17N3O3/c1-12-6-5-7-13(10-12)19-16(22)11-21-17(23)14-8-3-4-9-15(14)20(2)18(21)24/h3-10H,11H2,1-2H3,(H,19,22). The van der Waals surface area contributed by atoms with E-state index in [4.69, 9.17) is 0 Å². The molecule has 24 heavy (non-hydrogen) atoms. The van der Waals surface area contributed by atoms with Gasteiger partial charge in [0.1, 0.15) is 6.54 Å². The van der Waals surface area contributed by atoms with E-state index >= 15 is 0 Å². The molecule has 0 atom stereocenters. The summed E-state index contributed by atoms with van der Waals surface area (Å²) < 4.78 is 2.32. The third kappa shape index (κ3) is 2.86. The second kappa shape index (κ2) is 6.16. The summed E-state index contributed by atoms with van der Waals surface area (Å²) in [5, 5.41) is 3.11. The molecule has 2 aromatic carbocycles. The summed E-state index contributed by atoms with van der Waals surface area (Å²) in [6.45, 7) is 1.59. The number of fused-ring (bicyclic) bond motifs is 1. The zero-order valence-corrected chi connectivity index (χ0v) is 13.4. The molecule has 0 saturated carbocycles. The summed E-state index contributed by atoms with van der Waals surface area (Å²) in [6, 6.07) is 14.2. The molecule has 1 aromatic heterocycles. The zero-order chi connectivity index (χ0) is 17.3. The van der Waals surface area contributed by atoms with Gasteiger partial charge in [-0.1, -0.05) is 24.3 Å². The molecule has 0 aliphatic rings. The van der Waals surface area contributed by atoms with E-state index in [0.29, 0.717) is 16.6 Å². The van der Waals surface area contributed by atoms with Crippen LogP contribution in [-0.4, -0.2) is 15.0 Å². The summed E-state index contributed by atoms with van der Waals surface area (Å²) in [5.74, 6) is -0.421. The van der Waals surface area contributed by atoms with E-state index in [1.165, 1.54) is 4.57 Å². The summed E-state index contributed by atoms with van der Waals surface area (Å²) in [4.78, 5) is 37.1. The molecule has 0 fully saturated rings. The molecule has 1 amide bonds. The van der Waals surface area contributed by atoms with Gasteiger partial charge in [0.2, 0.25) is 5.91 Å². The lowest BCUT2D eigenvalue weighted by molar-refractivity contribution is -0.116. The first-order valence-corrected chi connectivity index (χ1v) is 7.52. The number of nitrogens with zero attached hydrogens (tertiary/aromatic N) is 2. The van der Waals surface area contributed by atoms with Crippen LogP contribution in [0.15, 0.2) is 58.1 Å². The fourth-order valence-electron chi connectivity index (χ4n) is 2.67. The fraction of sp³-hybridized carbons (Fsp3) is 0.167. The molecule has 0 radical (unpaired) electrons. The van der Waals surface area contributed by atoms with Crippen molar-refractivity contribution >= 4 is 22.5 Å². The number of benzene rings is 2. The van der Waals surface area contributed by atoms with Crippen molar-refractivity contribution in [3.63, 3.8) is 0 Å². The quantitative estimate of drug-likeness (QED) is 0.796. The summed E-state index contributed by atoms with van der Waals surface area (Å²) in [7, 11) is 1.58. The number of rotatable bonds is 3. The highest BCUT2D eigenvalue weighted by atomic mass is 16.2. The molecule has 3 rings (SSSR count). The molecule has 0 saturated heterocycles. The Morgan fingerprint density at radius 2 is 1.83 bits per heavy atom. The largest absolute Gasteiger partial charge is 0.331 e. The van der Waals surface area contributed by atoms with Crippen LogP contribution in [0.2, 0.25) is 0 Å². The van der Waals surface area contributed by atoms with Crippen molar-refractivity contribution in [2.24, 2.45) is 7.05 Å². The number of hydrogen-bond acceptors (Lipinski definition) is 3. The Bertz CT molecular complexity index is 1050. The summed E-state index contributed by atoms with van der Waals surface area (Å²) in [5.41, 5.74) is 1.20. The molecular formula is C18H17N3O3. The summed E-state index contributed by atoms with van der Waals surface area (Å²) >= 11 is 0. The minimum atomic E-state index is -0.516. The first kappa shape index (κ1) is 15.7. The number of para-hydroxylation sites is 1. The third-order valence-electron chi connectivity index (χ3n) is 3.86. The Morgan fingerprint density at radius 1 is 1.08 bits per heavy atom. The van der Waals surface area contributed by atoms with Gasteiger partial charge in [-0.2, -0.15) is 0 Å². The van der Waals surface area contributed by atoms with Gasteiger partial charge in [0.15, 0.2) is 0 Å². The zero-order valence-electron chi connectivity index (χ0n) is 13.4. The van der Waals surface area contributed by atoms with Crippen molar-refractivity contribution in [2.75, 3.05) is 5.32 Å². The summed E-state index contributed by atoms with van der Waals surface area (Å²) in [6.07, 6.45) is 0. The molecular weight excluding hydrogens is 306 g/mol. The van der Waals surface area contributed by atoms with Crippen LogP contribution in [0, 0.1) is 6.92 Å².